The largest absolute Gasteiger partial charge is 0.368 e. The zero-order valence-corrected chi connectivity index (χ0v) is 5.50. The third kappa shape index (κ3) is 1.46. The second-order valence-corrected chi connectivity index (χ2v) is 1.98. The predicted molar refractivity (Wildman–Crippen MR) is 35.3 cm³/mol. The first-order chi connectivity index (χ1) is 4.72. The minimum atomic E-state index is -0.865. The van der Waals surface area contributed by atoms with E-state index in [0.29, 0.717) is 0 Å². The summed E-state index contributed by atoms with van der Waals surface area (Å²) in [6, 6.07) is 0. The molecule has 0 saturated carbocycles. The second kappa shape index (κ2) is 2.68. The SMILES string of the molecule is CC1=CC(O)N=C(NO)N1. The number of nitrogens with one attached hydrogen (secondary N) is 2. The van der Waals surface area contributed by atoms with Crippen LogP contribution in [0, 0.1) is 0 Å². The number of aliphatic hydroxyl groups is 1. The van der Waals surface area contributed by atoms with E-state index in [-0.39, 0.29) is 5.96 Å². The van der Waals surface area contributed by atoms with Crippen LogP contribution in [0.2, 0.25) is 0 Å². The topological polar surface area (TPSA) is 76.9 Å². The third-order valence-corrected chi connectivity index (χ3v) is 1.08. The van der Waals surface area contributed by atoms with Gasteiger partial charge in [-0.3, -0.25) is 5.21 Å². The Morgan fingerprint density at radius 3 is 3.00 bits per heavy atom. The number of nitrogens with zero attached hydrogens (tertiary/aromatic N) is 1. The van der Waals surface area contributed by atoms with E-state index in [9.17, 15) is 0 Å². The van der Waals surface area contributed by atoms with E-state index in [1.165, 1.54) is 6.08 Å². The van der Waals surface area contributed by atoms with Gasteiger partial charge < -0.3 is 10.4 Å². The highest BCUT2D eigenvalue weighted by Gasteiger charge is 2.07. The van der Waals surface area contributed by atoms with Gasteiger partial charge >= 0.3 is 0 Å². The molecule has 56 valence electrons. The molecule has 1 atom stereocenters. The summed E-state index contributed by atoms with van der Waals surface area (Å²) in [4.78, 5) is 3.57. The number of hydrogen-bond acceptors (Lipinski definition) is 5. The van der Waals surface area contributed by atoms with Gasteiger partial charge in [0.2, 0.25) is 5.96 Å². The Kier molecular flexibility index (Phi) is 1.88. The van der Waals surface area contributed by atoms with E-state index in [0.717, 1.165) is 5.70 Å². The zero-order chi connectivity index (χ0) is 7.56. The monoisotopic (exact) mass is 143 g/mol. The quantitative estimate of drug-likeness (QED) is 0.333. The van der Waals surface area contributed by atoms with E-state index < -0.39 is 6.23 Å². The molecule has 1 unspecified atom stereocenters. The minimum Gasteiger partial charge on any atom is -0.368 e. The Labute approximate surface area is 58.0 Å². The van der Waals surface area contributed by atoms with E-state index >= 15 is 0 Å². The molecule has 5 nitrogen and oxygen atoms in total. The summed E-state index contributed by atoms with van der Waals surface area (Å²) in [5.74, 6) is 0.160. The highest BCUT2D eigenvalue weighted by molar-refractivity contribution is 5.81. The first kappa shape index (κ1) is 7.04. The molecule has 1 rings (SSSR count). The maximum atomic E-state index is 8.93. The van der Waals surface area contributed by atoms with Crippen molar-refractivity contribution >= 4 is 5.96 Å². The highest BCUT2D eigenvalue weighted by Crippen LogP contribution is 1.99. The maximum absolute atomic E-state index is 8.93. The molecule has 1 heterocycles. The molecule has 0 saturated heterocycles. The number of aliphatic imine (C=N–C) groups is 1. The first-order valence-electron chi connectivity index (χ1n) is 2.84. The van der Waals surface area contributed by atoms with Gasteiger partial charge in [0.1, 0.15) is 0 Å². The van der Waals surface area contributed by atoms with E-state index in [2.05, 4.69) is 10.3 Å². The van der Waals surface area contributed by atoms with E-state index in [1.54, 1.807) is 12.4 Å². The fourth-order valence-corrected chi connectivity index (χ4v) is 0.711. The number of aliphatic hydroxyl groups excluding tert-OH is 1. The van der Waals surface area contributed by atoms with Crippen molar-refractivity contribution in [3.05, 3.63) is 11.8 Å². The smallest absolute Gasteiger partial charge is 0.222 e. The summed E-state index contributed by atoms with van der Waals surface area (Å²) >= 11 is 0. The molecule has 1 aliphatic heterocycles. The maximum Gasteiger partial charge on any atom is 0.222 e. The van der Waals surface area contributed by atoms with E-state index in [1.807, 2.05) is 0 Å². The summed E-state index contributed by atoms with van der Waals surface area (Å²) in [5.41, 5.74) is 2.55. The van der Waals surface area contributed by atoms with Gasteiger partial charge in [0.05, 0.1) is 0 Å². The average molecular weight is 143 g/mol. The summed E-state index contributed by atoms with van der Waals surface area (Å²) in [5, 5.41) is 20.0. The molecule has 10 heavy (non-hydrogen) atoms. The average Bonchev–Trinajstić information content (AvgIpc) is 1.85. The Morgan fingerprint density at radius 2 is 2.50 bits per heavy atom. The molecule has 0 amide bonds. The van der Waals surface area contributed by atoms with Crippen molar-refractivity contribution < 1.29 is 10.3 Å². The van der Waals surface area contributed by atoms with Crippen molar-refractivity contribution in [1.29, 1.82) is 0 Å². The molecule has 0 aromatic carbocycles. The fourth-order valence-electron chi connectivity index (χ4n) is 0.711. The van der Waals surface area contributed by atoms with Crippen LogP contribution >= 0.6 is 0 Å². The van der Waals surface area contributed by atoms with Crippen LogP contribution in [-0.2, 0) is 0 Å². The lowest BCUT2D eigenvalue weighted by molar-refractivity contribution is 0.207. The molecule has 0 fully saturated rings. The van der Waals surface area contributed by atoms with Crippen LogP contribution in [0.3, 0.4) is 0 Å². The normalized spacial score (nSPS) is 24.5. The van der Waals surface area contributed by atoms with Gasteiger partial charge in [-0.2, -0.15) is 0 Å². The summed E-state index contributed by atoms with van der Waals surface area (Å²) in [6.07, 6.45) is 0.664. The second-order valence-electron chi connectivity index (χ2n) is 1.98. The van der Waals surface area contributed by atoms with Crippen LogP contribution < -0.4 is 10.8 Å². The molecule has 4 N–H and O–H groups in total. The van der Waals surface area contributed by atoms with Crippen molar-refractivity contribution in [1.82, 2.24) is 10.8 Å². The van der Waals surface area contributed by atoms with Crippen molar-refractivity contribution in [2.75, 3.05) is 0 Å². The molecule has 0 aromatic rings. The molecular weight excluding hydrogens is 134 g/mol. The summed E-state index contributed by atoms with van der Waals surface area (Å²) in [7, 11) is 0. The number of allylic oxidation sites excluding steroid dienone is 1. The van der Waals surface area contributed by atoms with Gasteiger partial charge in [-0.15, -0.1) is 0 Å². The molecular formula is C5H9N3O2. The Balaban J connectivity index is 2.65. The van der Waals surface area contributed by atoms with Crippen LogP contribution in [0.25, 0.3) is 0 Å². The Hall–Kier alpha value is -1.07. The zero-order valence-electron chi connectivity index (χ0n) is 5.50. The number of guanidine groups is 1. The lowest BCUT2D eigenvalue weighted by atomic mass is 10.4. The van der Waals surface area contributed by atoms with Gasteiger partial charge in [0, 0.05) is 5.70 Å². The summed E-state index contributed by atoms with van der Waals surface area (Å²) < 4.78 is 0. The number of rotatable bonds is 0. The number of hydrogen-bond donors (Lipinski definition) is 4. The highest BCUT2D eigenvalue weighted by atomic mass is 16.5. The molecule has 5 heteroatoms. The van der Waals surface area contributed by atoms with Crippen molar-refractivity contribution in [3.63, 3.8) is 0 Å². The van der Waals surface area contributed by atoms with Gasteiger partial charge in [0.15, 0.2) is 6.23 Å². The number of hydroxylamine groups is 1. The van der Waals surface area contributed by atoms with Crippen LogP contribution in [-0.4, -0.2) is 22.5 Å². The van der Waals surface area contributed by atoms with Crippen molar-refractivity contribution in [2.45, 2.75) is 13.2 Å². The molecule has 0 aliphatic carbocycles. The third-order valence-electron chi connectivity index (χ3n) is 1.08. The molecule has 0 aromatic heterocycles. The standard InChI is InChI=1S/C5H9N3O2/c1-3-2-4(9)7-5(6-3)8-10/h2,4,9-10H,1H3,(H2,6,7,8). The molecule has 0 spiro atoms. The molecule has 1 aliphatic rings. The predicted octanol–water partition coefficient (Wildman–Crippen LogP) is -0.853. The lowest BCUT2D eigenvalue weighted by Gasteiger charge is -2.15. The van der Waals surface area contributed by atoms with Gasteiger partial charge in [-0.1, -0.05) is 0 Å². The molecule has 0 radical (unpaired) electrons. The molecule has 0 bridgehead atoms. The van der Waals surface area contributed by atoms with Gasteiger partial charge in [-0.05, 0) is 13.0 Å². The fraction of sp³-hybridized carbons (Fsp3) is 0.400. The minimum absolute atomic E-state index is 0.160. The van der Waals surface area contributed by atoms with Crippen LogP contribution in [0.15, 0.2) is 16.8 Å². The van der Waals surface area contributed by atoms with Crippen molar-refractivity contribution in [2.24, 2.45) is 4.99 Å². The Bertz CT molecular complexity index is 187. The van der Waals surface area contributed by atoms with Crippen LogP contribution in [0.4, 0.5) is 0 Å². The van der Waals surface area contributed by atoms with Crippen LogP contribution in [0.1, 0.15) is 6.92 Å². The Morgan fingerprint density at radius 1 is 1.80 bits per heavy atom. The van der Waals surface area contributed by atoms with E-state index in [4.69, 9.17) is 10.3 Å². The van der Waals surface area contributed by atoms with Crippen molar-refractivity contribution in [3.8, 4) is 0 Å². The lowest BCUT2D eigenvalue weighted by Crippen LogP contribution is -2.37. The first-order valence-corrected chi connectivity index (χ1v) is 2.84. The van der Waals surface area contributed by atoms with Gasteiger partial charge in [-0.25, -0.2) is 10.5 Å². The summed E-state index contributed by atoms with van der Waals surface area (Å²) in [6.45, 7) is 1.76. The van der Waals surface area contributed by atoms with Crippen LogP contribution in [0.5, 0.6) is 0 Å². The van der Waals surface area contributed by atoms with Gasteiger partial charge in [0.25, 0.3) is 0 Å².